The lowest BCUT2D eigenvalue weighted by atomic mass is 9.97. The van der Waals surface area contributed by atoms with Crippen molar-refractivity contribution in [2.24, 2.45) is 0 Å². The van der Waals surface area contributed by atoms with Gasteiger partial charge in [-0.1, -0.05) is 12.1 Å². The van der Waals surface area contributed by atoms with Crippen molar-refractivity contribution in [1.82, 2.24) is 0 Å². The Labute approximate surface area is 139 Å². The quantitative estimate of drug-likeness (QED) is 0.943. The molecule has 2 aliphatic rings. The minimum Gasteiger partial charge on any atom is -0.493 e. The van der Waals surface area contributed by atoms with E-state index in [0.29, 0.717) is 24.5 Å². The zero-order valence-electron chi connectivity index (χ0n) is 13.1. The fraction of sp³-hybridized carbons (Fsp3) is 0.263. The van der Waals surface area contributed by atoms with Crippen LogP contribution in [-0.2, 0) is 24.1 Å². The molecule has 2 aromatic carbocycles. The molecule has 0 atom stereocenters. The van der Waals surface area contributed by atoms with Crippen molar-refractivity contribution in [2.45, 2.75) is 19.3 Å². The Bertz CT molecular complexity index is 835. The lowest BCUT2D eigenvalue weighted by molar-refractivity contribution is -0.115. The van der Waals surface area contributed by atoms with E-state index in [2.05, 4.69) is 11.4 Å². The molecule has 2 heterocycles. The third-order valence-corrected chi connectivity index (χ3v) is 4.42. The van der Waals surface area contributed by atoms with Crippen LogP contribution in [0, 0.1) is 11.3 Å². The van der Waals surface area contributed by atoms with E-state index in [-0.39, 0.29) is 12.3 Å². The number of nitrogens with zero attached hydrogens (tertiary/aromatic N) is 1. The molecule has 0 aromatic heterocycles. The standard InChI is InChI=1S/C19H16N2O3/c20-11-13-3-1-2-4-16(13)21-18(22)10-15-14-6-8-23-17(14)9-12-5-7-24-19(12)15/h1-4,9H,5-8,10H2,(H,21,22). The van der Waals surface area contributed by atoms with Crippen LogP contribution in [0.5, 0.6) is 11.5 Å². The van der Waals surface area contributed by atoms with Crippen molar-refractivity contribution in [3.63, 3.8) is 0 Å². The first-order valence-corrected chi connectivity index (χ1v) is 7.98. The first-order chi connectivity index (χ1) is 11.8. The fourth-order valence-corrected chi connectivity index (χ4v) is 3.32. The van der Waals surface area contributed by atoms with Crippen molar-refractivity contribution >= 4 is 11.6 Å². The third-order valence-electron chi connectivity index (χ3n) is 4.42. The molecule has 0 unspecified atom stereocenters. The van der Waals surface area contributed by atoms with Crippen LogP contribution in [0.25, 0.3) is 0 Å². The Morgan fingerprint density at radius 2 is 2.04 bits per heavy atom. The number of amides is 1. The largest absolute Gasteiger partial charge is 0.493 e. The summed E-state index contributed by atoms with van der Waals surface area (Å²) in [6, 6.07) is 11.1. The third kappa shape index (κ3) is 2.46. The van der Waals surface area contributed by atoms with E-state index >= 15 is 0 Å². The molecule has 1 N–H and O–H groups in total. The van der Waals surface area contributed by atoms with Gasteiger partial charge in [0, 0.05) is 29.5 Å². The van der Waals surface area contributed by atoms with Gasteiger partial charge in [-0.25, -0.2) is 0 Å². The van der Waals surface area contributed by atoms with Crippen LogP contribution in [0.4, 0.5) is 5.69 Å². The zero-order chi connectivity index (χ0) is 16.5. The molecule has 4 rings (SSSR count). The van der Waals surface area contributed by atoms with Crippen molar-refractivity contribution in [1.29, 1.82) is 5.26 Å². The van der Waals surface area contributed by atoms with E-state index < -0.39 is 0 Å². The monoisotopic (exact) mass is 320 g/mol. The molecule has 24 heavy (non-hydrogen) atoms. The van der Waals surface area contributed by atoms with E-state index in [0.717, 1.165) is 41.0 Å². The van der Waals surface area contributed by atoms with Gasteiger partial charge in [0.2, 0.25) is 5.91 Å². The van der Waals surface area contributed by atoms with E-state index in [1.54, 1.807) is 24.3 Å². The fourth-order valence-electron chi connectivity index (χ4n) is 3.32. The van der Waals surface area contributed by atoms with Crippen LogP contribution in [0.3, 0.4) is 0 Å². The molecule has 0 bridgehead atoms. The first-order valence-electron chi connectivity index (χ1n) is 7.98. The Kier molecular flexibility index (Phi) is 3.58. The second kappa shape index (κ2) is 5.89. The Balaban J connectivity index is 1.62. The van der Waals surface area contributed by atoms with Gasteiger partial charge < -0.3 is 14.8 Å². The highest BCUT2D eigenvalue weighted by Crippen LogP contribution is 2.40. The highest BCUT2D eigenvalue weighted by Gasteiger charge is 2.27. The molecule has 120 valence electrons. The summed E-state index contributed by atoms with van der Waals surface area (Å²) in [5.74, 6) is 1.55. The maximum atomic E-state index is 12.5. The molecule has 0 radical (unpaired) electrons. The average molecular weight is 320 g/mol. The number of rotatable bonds is 3. The highest BCUT2D eigenvalue weighted by atomic mass is 16.5. The SMILES string of the molecule is N#Cc1ccccc1NC(=O)Cc1c2c(cc3c1OCC3)OCC2. The molecule has 0 saturated heterocycles. The van der Waals surface area contributed by atoms with Crippen LogP contribution in [0.15, 0.2) is 30.3 Å². The lowest BCUT2D eigenvalue weighted by Gasteiger charge is -2.13. The minimum absolute atomic E-state index is 0.157. The normalized spacial score (nSPS) is 14.1. The van der Waals surface area contributed by atoms with Crippen LogP contribution < -0.4 is 14.8 Å². The topological polar surface area (TPSA) is 71.4 Å². The summed E-state index contributed by atoms with van der Waals surface area (Å²) in [5.41, 5.74) is 4.08. The van der Waals surface area contributed by atoms with Crippen molar-refractivity contribution in [3.8, 4) is 17.6 Å². The molecule has 0 fully saturated rings. The molecule has 5 nitrogen and oxygen atoms in total. The van der Waals surface area contributed by atoms with Crippen LogP contribution in [-0.4, -0.2) is 19.1 Å². The van der Waals surface area contributed by atoms with Gasteiger partial charge in [0.25, 0.3) is 0 Å². The summed E-state index contributed by atoms with van der Waals surface area (Å²) in [5, 5.41) is 12.0. The lowest BCUT2D eigenvalue weighted by Crippen LogP contribution is -2.16. The number of nitrogens with one attached hydrogen (secondary N) is 1. The minimum atomic E-state index is -0.157. The van der Waals surface area contributed by atoms with Crippen molar-refractivity contribution in [2.75, 3.05) is 18.5 Å². The smallest absolute Gasteiger partial charge is 0.228 e. The molecule has 0 saturated carbocycles. The Hall–Kier alpha value is -3.00. The predicted octanol–water partition coefficient (Wildman–Crippen LogP) is 2.61. The number of hydrogen-bond donors (Lipinski definition) is 1. The van der Waals surface area contributed by atoms with Crippen LogP contribution >= 0.6 is 0 Å². The van der Waals surface area contributed by atoms with Crippen molar-refractivity contribution < 1.29 is 14.3 Å². The number of hydrogen-bond acceptors (Lipinski definition) is 4. The second-order valence-electron chi connectivity index (χ2n) is 5.90. The number of fused-ring (bicyclic) bond motifs is 2. The second-order valence-corrected chi connectivity index (χ2v) is 5.90. The number of carbonyl (C=O) groups excluding carboxylic acids is 1. The van der Waals surface area contributed by atoms with Gasteiger partial charge in [-0.05, 0) is 18.2 Å². The Morgan fingerprint density at radius 1 is 1.21 bits per heavy atom. The van der Waals surface area contributed by atoms with Gasteiger partial charge in [-0.3, -0.25) is 4.79 Å². The van der Waals surface area contributed by atoms with E-state index in [4.69, 9.17) is 14.7 Å². The summed E-state index contributed by atoms with van der Waals surface area (Å²) in [6.07, 6.45) is 1.86. The average Bonchev–Trinajstić information content (AvgIpc) is 3.24. The Morgan fingerprint density at radius 3 is 2.92 bits per heavy atom. The molecule has 0 aliphatic carbocycles. The number of benzene rings is 2. The molecule has 2 aliphatic heterocycles. The maximum absolute atomic E-state index is 12.5. The number of carbonyl (C=O) groups is 1. The molecule has 2 aromatic rings. The van der Waals surface area contributed by atoms with Crippen LogP contribution in [0.1, 0.15) is 22.3 Å². The summed E-state index contributed by atoms with van der Waals surface area (Å²) in [4.78, 5) is 12.5. The van der Waals surface area contributed by atoms with E-state index in [9.17, 15) is 4.79 Å². The van der Waals surface area contributed by atoms with Gasteiger partial charge in [0.1, 0.15) is 17.6 Å². The van der Waals surface area contributed by atoms with Gasteiger partial charge in [0.05, 0.1) is 30.9 Å². The molecule has 1 amide bonds. The van der Waals surface area contributed by atoms with Gasteiger partial charge in [0.15, 0.2) is 0 Å². The number of para-hydroxylation sites is 1. The van der Waals surface area contributed by atoms with Crippen molar-refractivity contribution in [3.05, 3.63) is 52.6 Å². The summed E-state index contributed by atoms with van der Waals surface area (Å²) in [7, 11) is 0. The van der Waals surface area contributed by atoms with Gasteiger partial charge >= 0.3 is 0 Å². The molecule has 0 spiro atoms. The number of nitriles is 1. The van der Waals surface area contributed by atoms with E-state index in [1.165, 1.54) is 0 Å². The summed E-state index contributed by atoms with van der Waals surface area (Å²) >= 11 is 0. The van der Waals surface area contributed by atoms with Crippen LogP contribution in [0.2, 0.25) is 0 Å². The number of ether oxygens (including phenoxy) is 2. The van der Waals surface area contributed by atoms with Gasteiger partial charge in [-0.15, -0.1) is 0 Å². The van der Waals surface area contributed by atoms with Gasteiger partial charge in [-0.2, -0.15) is 5.26 Å². The molecule has 5 heteroatoms. The molecular weight excluding hydrogens is 304 g/mol. The summed E-state index contributed by atoms with van der Waals surface area (Å²) < 4.78 is 11.4. The maximum Gasteiger partial charge on any atom is 0.228 e. The first kappa shape index (κ1) is 14.6. The predicted molar refractivity (Wildman–Crippen MR) is 88.3 cm³/mol. The number of anilines is 1. The zero-order valence-corrected chi connectivity index (χ0v) is 13.1. The summed E-state index contributed by atoms with van der Waals surface area (Å²) in [6.45, 7) is 1.29. The van der Waals surface area contributed by atoms with E-state index in [1.807, 2.05) is 6.07 Å². The molecular formula is C19H16N2O3. The highest BCUT2D eigenvalue weighted by molar-refractivity contribution is 5.94.